The Morgan fingerprint density at radius 3 is 2.24 bits per heavy atom. The van der Waals surface area contributed by atoms with Gasteiger partial charge in [-0.3, -0.25) is 4.79 Å². The number of alkyl carbamates (subject to hydrolysis) is 1. The molecule has 4 heteroatoms. The van der Waals surface area contributed by atoms with E-state index >= 15 is 0 Å². The normalized spacial score (nSPS) is 32.4. The van der Waals surface area contributed by atoms with Crippen molar-refractivity contribution in [3.8, 4) is 0 Å². The zero-order valence-corrected chi connectivity index (χ0v) is 10.8. The number of fused-ring (bicyclic) bond motifs is 2. The number of rotatable bonds is 1. The van der Waals surface area contributed by atoms with Crippen LogP contribution in [0.3, 0.4) is 0 Å². The molecule has 0 heterocycles. The second-order valence-corrected chi connectivity index (χ2v) is 6.22. The molecule has 1 unspecified atom stereocenters. The zero-order chi connectivity index (χ0) is 12.6. The number of amides is 1. The van der Waals surface area contributed by atoms with Crippen molar-refractivity contribution in [3.63, 3.8) is 0 Å². The number of carbonyl (C=O) groups is 2. The third kappa shape index (κ3) is 2.99. The molecule has 2 bridgehead atoms. The molecule has 0 saturated heterocycles. The predicted octanol–water partition coefficient (Wildman–Crippen LogP) is 2.27. The van der Waals surface area contributed by atoms with Crippen LogP contribution in [0, 0.1) is 11.8 Å². The molecule has 4 nitrogen and oxygen atoms in total. The fourth-order valence-electron chi connectivity index (χ4n) is 2.98. The Labute approximate surface area is 102 Å². The highest BCUT2D eigenvalue weighted by molar-refractivity contribution is 5.81. The van der Waals surface area contributed by atoms with Gasteiger partial charge in [-0.25, -0.2) is 4.79 Å². The van der Waals surface area contributed by atoms with Gasteiger partial charge in [0.05, 0.1) is 0 Å². The molecule has 3 atom stereocenters. The standard InChI is InChI=1S/C13H21NO3/c1-13(2,3)17-12(16)14-11-8-4-5-9(11)7-10(15)6-8/h8-9,11H,4-7H2,1-3H3,(H,14,16)/t8-,9+,11?. The third-order valence-electron chi connectivity index (χ3n) is 3.59. The van der Waals surface area contributed by atoms with Gasteiger partial charge in [0, 0.05) is 18.9 Å². The first kappa shape index (κ1) is 12.4. The minimum absolute atomic E-state index is 0.141. The van der Waals surface area contributed by atoms with Crippen molar-refractivity contribution in [1.29, 1.82) is 0 Å². The molecule has 1 N–H and O–H groups in total. The van der Waals surface area contributed by atoms with Crippen LogP contribution < -0.4 is 5.32 Å². The summed E-state index contributed by atoms with van der Waals surface area (Å²) < 4.78 is 5.26. The van der Waals surface area contributed by atoms with Crippen molar-refractivity contribution in [1.82, 2.24) is 5.32 Å². The summed E-state index contributed by atoms with van der Waals surface area (Å²) >= 11 is 0. The van der Waals surface area contributed by atoms with E-state index < -0.39 is 5.60 Å². The fourth-order valence-corrected chi connectivity index (χ4v) is 2.98. The number of ketones is 1. The van der Waals surface area contributed by atoms with Gasteiger partial charge >= 0.3 is 6.09 Å². The molecular weight excluding hydrogens is 218 g/mol. The van der Waals surface area contributed by atoms with Crippen molar-refractivity contribution < 1.29 is 14.3 Å². The second kappa shape index (κ2) is 4.31. The number of ether oxygens (including phenoxy) is 1. The van der Waals surface area contributed by atoms with Crippen LogP contribution in [-0.4, -0.2) is 23.5 Å². The highest BCUT2D eigenvalue weighted by atomic mass is 16.6. The molecule has 0 aromatic rings. The summed E-state index contributed by atoms with van der Waals surface area (Å²) in [4.78, 5) is 23.1. The van der Waals surface area contributed by atoms with Crippen LogP contribution in [-0.2, 0) is 9.53 Å². The smallest absolute Gasteiger partial charge is 0.407 e. The second-order valence-electron chi connectivity index (χ2n) is 6.22. The summed E-state index contributed by atoms with van der Waals surface area (Å²) in [7, 11) is 0. The summed E-state index contributed by atoms with van der Waals surface area (Å²) in [6, 6.07) is 0.141. The average molecular weight is 239 g/mol. The Kier molecular flexibility index (Phi) is 3.15. The molecule has 2 saturated carbocycles. The van der Waals surface area contributed by atoms with Crippen molar-refractivity contribution in [3.05, 3.63) is 0 Å². The summed E-state index contributed by atoms with van der Waals surface area (Å²) in [5.41, 5.74) is -0.465. The predicted molar refractivity (Wildman–Crippen MR) is 63.6 cm³/mol. The number of Topliss-reactive ketones (excluding diaryl/α,β-unsaturated/α-hetero) is 1. The highest BCUT2D eigenvalue weighted by Crippen LogP contribution is 2.40. The molecule has 2 rings (SSSR count). The molecule has 0 aliphatic heterocycles. The summed E-state index contributed by atoms with van der Waals surface area (Å²) in [5, 5.41) is 2.94. The molecule has 1 amide bonds. The molecule has 17 heavy (non-hydrogen) atoms. The molecule has 0 aromatic heterocycles. The van der Waals surface area contributed by atoms with E-state index in [-0.39, 0.29) is 12.1 Å². The molecule has 0 spiro atoms. The monoisotopic (exact) mass is 239 g/mol. The topological polar surface area (TPSA) is 55.4 Å². The van der Waals surface area contributed by atoms with Crippen LogP contribution in [0.1, 0.15) is 46.5 Å². The van der Waals surface area contributed by atoms with Gasteiger partial charge in [0.2, 0.25) is 0 Å². The lowest BCUT2D eigenvalue weighted by molar-refractivity contribution is -0.122. The van der Waals surface area contributed by atoms with E-state index in [1.807, 2.05) is 20.8 Å². The van der Waals surface area contributed by atoms with Gasteiger partial charge in [0.1, 0.15) is 11.4 Å². The first-order valence-electron chi connectivity index (χ1n) is 6.36. The van der Waals surface area contributed by atoms with Gasteiger partial charge in [-0.05, 0) is 45.4 Å². The lowest BCUT2D eigenvalue weighted by Gasteiger charge is -2.31. The molecule has 2 aliphatic carbocycles. The molecular formula is C13H21NO3. The Bertz CT molecular complexity index is 316. The minimum atomic E-state index is -0.465. The SMILES string of the molecule is CC(C)(C)OC(=O)NC1[C@@H]2CC[C@H]1CC(=O)C2. The van der Waals surface area contributed by atoms with Crippen molar-refractivity contribution in [2.24, 2.45) is 11.8 Å². The van der Waals surface area contributed by atoms with Crippen LogP contribution in [0.5, 0.6) is 0 Å². The van der Waals surface area contributed by atoms with Crippen molar-refractivity contribution in [2.45, 2.75) is 58.1 Å². The van der Waals surface area contributed by atoms with Gasteiger partial charge in [-0.2, -0.15) is 0 Å². The number of carbonyl (C=O) groups excluding carboxylic acids is 2. The molecule has 2 fully saturated rings. The number of hydrogen-bond donors (Lipinski definition) is 1. The Balaban J connectivity index is 1.92. The maximum Gasteiger partial charge on any atom is 0.407 e. The molecule has 0 radical (unpaired) electrons. The molecule has 0 aromatic carbocycles. The van der Waals surface area contributed by atoms with Crippen LogP contribution in [0.4, 0.5) is 4.79 Å². The van der Waals surface area contributed by atoms with E-state index in [1.54, 1.807) is 0 Å². The van der Waals surface area contributed by atoms with Gasteiger partial charge in [-0.15, -0.1) is 0 Å². The quantitative estimate of drug-likeness (QED) is 0.763. The Hall–Kier alpha value is -1.06. The van der Waals surface area contributed by atoms with Crippen LogP contribution in [0.2, 0.25) is 0 Å². The van der Waals surface area contributed by atoms with Crippen molar-refractivity contribution >= 4 is 11.9 Å². The van der Waals surface area contributed by atoms with E-state index in [4.69, 9.17) is 4.74 Å². The largest absolute Gasteiger partial charge is 0.444 e. The Morgan fingerprint density at radius 2 is 1.76 bits per heavy atom. The van der Waals surface area contributed by atoms with E-state index in [2.05, 4.69) is 5.32 Å². The Morgan fingerprint density at radius 1 is 1.24 bits per heavy atom. The van der Waals surface area contributed by atoms with E-state index in [0.29, 0.717) is 30.5 Å². The van der Waals surface area contributed by atoms with E-state index in [0.717, 1.165) is 12.8 Å². The van der Waals surface area contributed by atoms with Crippen LogP contribution >= 0.6 is 0 Å². The van der Waals surface area contributed by atoms with E-state index in [1.165, 1.54) is 0 Å². The maximum absolute atomic E-state index is 11.7. The van der Waals surface area contributed by atoms with E-state index in [9.17, 15) is 9.59 Å². The summed E-state index contributed by atoms with van der Waals surface area (Å²) in [6.07, 6.45) is 3.00. The number of hydrogen-bond acceptors (Lipinski definition) is 3. The summed E-state index contributed by atoms with van der Waals surface area (Å²) in [5.74, 6) is 1.00. The first-order chi connectivity index (χ1) is 7.85. The lowest BCUT2D eigenvalue weighted by Crippen LogP contribution is -2.47. The first-order valence-corrected chi connectivity index (χ1v) is 6.36. The van der Waals surface area contributed by atoms with Gasteiger partial charge in [-0.1, -0.05) is 0 Å². The molecule has 2 aliphatic rings. The summed E-state index contributed by atoms with van der Waals surface area (Å²) in [6.45, 7) is 5.56. The highest BCUT2D eigenvalue weighted by Gasteiger charge is 2.43. The van der Waals surface area contributed by atoms with Crippen LogP contribution in [0.15, 0.2) is 0 Å². The van der Waals surface area contributed by atoms with Gasteiger partial charge < -0.3 is 10.1 Å². The van der Waals surface area contributed by atoms with Gasteiger partial charge in [0.25, 0.3) is 0 Å². The molecule has 96 valence electrons. The lowest BCUT2D eigenvalue weighted by atomic mass is 9.83. The third-order valence-corrected chi connectivity index (χ3v) is 3.59. The van der Waals surface area contributed by atoms with Crippen LogP contribution in [0.25, 0.3) is 0 Å². The maximum atomic E-state index is 11.7. The van der Waals surface area contributed by atoms with Gasteiger partial charge in [0.15, 0.2) is 0 Å². The average Bonchev–Trinajstić information content (AvgIpc) is 2.42. The fraction of sp³-hybridized carbons (Fsp3) is 0.846. The zero-order valence-electron chi connectivity index (χ0n) is 10.8. The number of nitrogens with one attached hydrogen (secondary N) is 1. The minimum Gasteiger partial charge on any atom is -0.444 e. The van der Waals surface area contributed by atoms with Crippen molar-refractivity contribution in [2.75, 3.05) is 0 Å².